The molecule has 0 aliphatic carbocycles. The Morgan fingerprint density at radius 1 is 1.27 bits per heavy atom. The highest BCUT2D eigenvalue weighted by Gasteiger charge is 2.17. The first-order valence-corrected chi connectivity index (χ1v) is 8.99. The maximum atomic E-state index is 12.3. The topological polar surface area (TPSA) is 61.4 Å². The predicted octanol–water partition coefficient (Wildman–Crippen LogP) is 3.86. The summed E-state index contributed by atoms with van der Waals surface area (Å²) in [4.78, 5) is 25.6. The van der Waals surface area contributed by atoms with Crippen LogP contribution in [0.25, 0.3) is 0 Å². The Kier molecular flexibility index (Phi) is 5.47. The second-order valence-electron chi connectivity index (χ2n) is 6.65. The van der Waals surface area contributed by atoms with Crippen molar-refractivity contribution in [1.82, 2.24) is 0 Å². The second kappa shape index (κ2) is 7.79. The average molecular weight is 372 g/mol. The van der Waals surface area contributed by atoms with Crippen molar-refractivity contribution >= 4 is 40.5 Å². The van der Waals surface area contributed by atoms with E-state index in [9.17, 15) is 9.59 Å². The van der Waals surface area contributed by atoms with Gasteiger partial charge in [-0.3, -0.25) is 9.59 Å². The van der Waals surface area contributed by atoms with Crippen LogP contribution in [-0.4, -0.2) is 25.9 Å². The molecule has 0 aromatic heterocycles. The SMILES string of the molecule is CN(C)c1c(Cl)cccc1NC(=O)CCCc1ccc2c(c1)CC(=O)N2. The average Bonchev–Trinajstić information content (AvgIpc) is 2.93. The monoisotopic (exact) mass is 371 g/mol. The fourth-order valence-electron chi connectivity index (χ4n) is 3.17. The highest BCUT2D eigenvalue weighted by atomic mass is 35.5. The molecule has 26 heavy (non-hydrogen) atoms. The van der Waals surface area contributed by atoms with Crippen LogP contribution in [0.15, 0.2) is 36.4 Å². The van der Waals surface area contributed by atoms with E-state index in [2.05, 4.69) is 10.6 Å². The molecule has 1 heterocycles. The molecule has 5 nitrogen and oxygen atoms in total. The van der Waals surface area contributed by atoms with Crippen molar-refractivity contribution in [2.24, 2.45) is 0 Å². The number of halogens is 1. The van der Waals surface area contributed by atoms with Crippen LogP contribution in [-0.2, 0) is 22.4 Å². The van der Waals surface area contributed by atoms with E-state index in [1.807, 2.05) is 49.3 Å². The summed E-state index contributed by atoms with van der Waals surface area (Å²) in [6, 6.07) is 11.5. The zero-order chi connectivity index (χ0) is 18.7. The van der Waals surface area contributed by atoms with Crippen molar-refractivity contribution in [3.05, 3.63) is 52.5 Å². The van der Waals surface area contributed by atoms with Gasteiger partial charge in [0.05, 0.1) is 22.8 Å². The molecule has 2 N–H and O–H groups in total. The molecule has 1 aliphatic heterocycles. The van der Waals surface area contributed by atoms with Crippen LogP contribution in [0.1, 0.15) is 24.0 Å². The maximum Gasteiger partial charge on any atom is 0.228 e. The molecule has 3 rings (SSSR count). The summed E-state index contributed by atoms with van der Waals surface area (Å²) in [5.74, 6) is 0.00289. The zero-order valence-corrected chi connectivity index (χ0v) is 15.7. The predicted molar refractivity (Wildman–Crippen MR) is 106 cm³/mol. The third-order valence-electron chi connectivity index (χ3n) is 4.37. The van der Waals surface area contributed by atoms with E-state index in [1.54, 1.807) is 6.07 Å². The van der Waals surface area contributed by atoms with E-state index >= 15 is 0 Å². The highest BCUT2D eigenvalue weighted by molar-refractivity contribution is 6.34. The van der Waals surface area contributed by atoms with Crippen molar-refractivity contribution < 1.29 is 9.59 Å². The summed E-state index contributed by atoms with van der Waals surface area (Å²) in [6.07, 6.45) is 2.40. The molecule has 0 atom stereocenters. The molecule has 0 unspecified atom stereocenters. The van der Waals surface area contributed by atoms with Gasteiger partial charge in [-0.05, 0) is 42.2 Å². The number of nitrogens with zero attached hydrogens (tertiary/aromatic N) is 1. The van der Waals surface area contributed by atoms with E-state index < -0.39 is 0 Å². The van der Waals surface area contributed by atoms with Gasteiger partial charge in [0.2, 0.25) is 11.8 Å². The van der Waals surface area contributed by atoms with Gasteiger partial charge < -0.3 is 15.5 Å². The maximum absolute atomic E-state index is 12.3. The summed E-state index contributed by atoms with van der Waals surface area (Å²) in [7, 11) is 3.79. The summed E-state index contributed by atoms with van der Waals surface area (Å²) >= 11 is 6.23. The van der Waals surface area contributed by atoms with Crippen LogP contribution < -0.4 is 15.5 Å². The van der Waals surface area contributed by atoms with Gasteiger partial charge >= 0.3 is 0 Å². The van der Waals surface area contributed by atoms with Crippen molar-refractivity contribution in [2.75, 3.05) is 29.6 Å². The molecule has 136 valence electrons. The smallest absolute Gasteiger partial charge is 0.228 e. The zero-order valence-electron chi connectivity index (χ0n) is 14.9. The Bertz CT molecular complexity index is 849. The van der Waals surface area contributed by atoms with Gasteiger partial charge in [-0.2, -0.15) is 0 Å². The molecule has 0 radical (unpaired) electrons. The third kappa shape index (κ3) is 4.17. The second-order valence-corrected chi connectivity index (χ2v) is 7.06. The van der Waals surface area contributed by atoms with E-state index in [0.29, 0.717) is 17.9 Å². The van der Waals surface area contributed by atoms with Gasteiger partial charge in [-0.1, -0.05) is 29.8 Å². The molecule has 1 aliphatic rings. The van der Waals surface area contributed by atoms with Crippen LogP contribution in [0, 0.1) is 0 Å². The van der Waals surface area contributed by atoms with Crippen LogP contribution in [0.3, 0.4) is 0 Å². The summed E-state index contributed by atoms with van der Waals surface area (Å²) < 4.78 is 0. The normalized spacial score (nSPS) is 12.5. The number of hydrogen-bond donors (Lipinski definition) is 2. The lowest BCUT2D eigenvalue weighted by atomic mass is 10.0. The number of nitrogens with one attached hydrogen (secondary N) is 2. The first kappa shape index (κ1) is 18.3. The summed E-state index contributed by atoms with van der Waals surface area (Å²) in [6.45, 7) is 0. The molecule has 2 aromatic carbocycles. The molecule has 0 spiro atoms. The summed E-state index contributed by atoms with van der Waals surface area (Å²) in [5, 5.41) is 6.38. The van der Waals surface area contributed by atoms with E-state index in [4.69, 9.17) is 11.6 Å². The molecule has 0 saturated carbocycles. The number of aryl methyl sites for hydroxylation is 1. The molecule has 2 amide bonds. The number of anilines is 3. The number of rotatable bonds is 6. The van der Waals surface area contributed by atoms with Gasteiger partial charge in [0.15, 0.2) is 0 Å². The van der Waals surface area contributed by atoms with Crippen molar-refractivity contribution in [1.29, 1.82) is 0 Å². The number of carbonyl (C=O) groups excluding carboxylic acids is 2. The fourth-order valence-corrected chi connectivity index (χ4v) is 3.52. The molecule has 0 saturated heterocycles. The minimum Gasteiger partial charge on any atom is -0.375 e. The lowest BCUT2D eigenvalue weighted by Gasteiger charge is -2.19. The van der Waals surface area contributed by atoms with Crippen LogP contribution >= 0.6 is 11.6 Å². The lowest BCUT2D eigenvalue weighted by molar-refractivity contribution is -0.116. The number of hydrogen-bond acceptors (Lipinski definition) is 3. The van der Waals surface area contributed by atoms with Crippen LogP contribution in [0.4, 0.5) is 17.1 Å². The van der Waals surface area contributed by atoms with Crippen molar-refractivity contribution in [2.45, 2.75) is 25.7 Å². The van der Waals surface area contributed by atoms with E-state index in [1.165, 1.54) is 0 Å². The first-order valence-electron chi connectivity index (χ1n) is 8.61. The molecular formula is C20H22ClN3O2. The largest absolute Gasteiger partial charge is 0.375 e. The number of benzene rings is 2. The van der Waals surface area contributed by atoms with Gasteiger partial charge in [0, 0.05) is 26.2 Å². The minimum absolute atomic E-state index is 0.0339. The Labute approximate surface area is 158 Å². The number of carbonyl (C=O) groups is 2. The Hall–Kier alpha value is -2.53. The molecule has 6 heteroatoms. The van der Waals surface area contributed by atoms with Crippen LogP contribution in [0.2, 0.25) is 5.02 Å². The van der Waals surface area contributed by atoms with E-state index in [-0.39, 0.29) is 11.8 Å². The van der Waals surface area contributed by atoms with E-state index in [0.717, 1.165) is 41.0 Å². The van der Waals surface area contributed by atoms with Gasteiger partial charge in [0.1, 0.15) is 0 Å². The van der Waals surface area contributed by atoms with Gasteiger partial charge in [-0.25, -0.2) is 0 Å². The van der Waals surface area contributed by atoms with Gasteiger partial charge in [-0.15, -0.1) is 0 Å². The van der Waals surface area contributed by atoms with Crippen molar-refractivity contribution in [3.8, 4) is 0 Å². The Morgan fingerprint density at radius 2 is 2.08 bits per heavy atom. The standard InChI is InChI=1S/C20H22ClN3O2/c1-24(2)20-15(21)6-4-7-17(20)23-18(25)8-3-5-13-9-10-16-14(11-13)12-19(26)22-16/h4,6-7,9-11H,3,5,8,12H2,1-2H3,(H,22,26)(H,23,25). The molecule has 0 fully saturated rings. The minimum atomic E-state index is -0.0339. The quantitative estimate of drug-likeness (QED) is 0.810. The molecule has 0 bridgehead atoms. The summed E-state index contributed by atoms with van der Waals surface area (Å²) in [5.41, 5.74) is 4.60. The first-order chi connectivity index (χ1) is 12.4. The number of para-hydroxylation sites is 1. The molecule has 2 aromatic rings. The van der Waals surface area contributed by atoms with Crippen LogP contribution in [0.5, 0.6) is 0 Å². The highest BCUT2D eigenvalue weighted by Crippen LogP contribution is 2.32. The molecular weight excluding hydrogens is 350 g/mol. The Balaban J connectivity index is 1.55. The lowest BCUT2D eigenvalue weighted by Crippen LogP contribution is -2.17. The third-order valence-corrected chi connectivity index (χ3v) is 4.68. The number of fused-ring (bicyclic) bond motifs is 1. The van der Waals surface area contributed by atoms with Gasteiger partial charge in [0.25, 0.3) is 0 Å². The van der Waals surface area contributed by atoms with Crippen molar-refractivity contribution in [3.63, 3.8) is 0 Å². The number of amides is 2. The Morgan fingerprint density at radius 3 is 2.85 bits per heavy atom. The fraction of sp³-hybridized carbons (Fsp3) is 0.300.